The predicted octanol–water partition coefficient (Wildman–Crippen LogP) is 4.20. The van der Waals surface area contributed by atoms with Crippen molar-refractivity contribution in [2.75, 3.05) is 7.05 Å². The SMILES string of the molecule is CC=CCCCC(C)[N+](C)=NNC=C(C)C=CC. The van der Waals surface area contributed by atoms with Gasteiger partial charge in [0.25, 0.3) is 0 Å². The van der Waals surface area contributed by atoms with E-state index >= 15 is 0 Å². The Kier molecular flexibility index (Phi) is 9.93. The minimum absolute atomic E-state index is 0.457. The van der Waals surface area contributed by atoms with E-state index in [0.29, 0.717) is 6.04 Å². The fourth-order valence-electron chi connectivity index (χ4n) is 1.52. The van der Waals surface area contributed by atoms with Gasteiger partial charge in [-0.2, -0.15) is 10.1 Å². The summed E-state index contributed by atoms with van der Waals surface area (Å²) in [4.78, 5) is 0. The second kappa shape index (κ2) is 10.8. The molecule has 0 heterocycles. The number of hydrogen-bond donors (Lipinski definition) is 1. The number of nitrogens with one attached hydrogen (secondary N) is 1. The maximum Gasteiger partial charge on any atom is 0.114 e. The lowest BCUT2D eigenvalue weighted by Crippen LogP contribution is -2.20. The van der Waals surface area contributed by atoms with Crippen molar-refractivity contribution in [3.05, 3.63) is 36.1 Å². The molecule has 18 heavy (non-hydrogen) atoms. The molecule has 1 N–H and O–H groups in total. The molecule has 0 aliphatic carbocycles. The van der Waals surface area contributed by atoms with Crippen molar-refractivity contribution < 1.29 is 4.70 Å². The Bertz CT molecular complexity index is 325. The van der Waals surface area contributed by atoms with Crippen molar-refractivity contribution in [2.24, 2.45) is 5.22 Å². The van der Waals surface area contributed by atoms with Gasteiger partial charge in [-0.05, 0) is 52.5 Å². The number of unbranched alkanes of at least 4 members (excludes halogenated alkanes) is 1. The first-order chi connectivity index (χ1) is 8.61. The monoisotopic (exact) mass is 250 g/mol. The van der Waals surface area contributed by atoms with Crippen LogP contribution >= 0.6 is 0 Å². The van der Waals surface area contributed by atoms with Gasteiger partial charge >= 0.3 is 0 Å². The van der Waals surface area contributed by atoms with Gasteiger partial charge in [-0.3, -0.25) is 0 Å². The number of rotatable bonds is 8. The fourth-order valence-corrected chi connectivity index (χ4v) is 1.52. The second-order valence-corrected chi connectivity index (χ2v) is 4.54. The topological polar surface area (TPSA) is 27.4 Å². The Morgan fingerprint density at radius 1 is 1.33 bits per heavy atom. The van der Waals surface area contributed by atoms with Gasteiger partial charge in [-0.15, -0.1) is 0 Å². The van der Waals surface area contributed by atoms with Crippen molar-refractivity contribution in [1.82, 2.24) is 5.43 Å². The highest BCUT2D eigenvalue weighted by Crippen LogP contribution is 2.04. The molecule has 0 aliphatic rings. The van der Waals surface area contributed by atoms with Gasteiger partial charge in [-0.1, -0.05) is 24.3 Å². The third kappa shape index (κ3) is 8.74. The van der Waals surface area contributed by atoms with E-state index in [1.54, 1.807) is 0 Å². The smallest absolute Gasteiger partial charge is 0.114 e. The highest BCUT2D eigenvalue weighted by molar-refractivity contribution is 5.13. The van der Waals surface area contributed by atoms with Crippen LogP contribution in [0.1, 0.15) is 47.0 Å². The van der Waals surface area contributed by atoms with Gasteiger partial charge in [0.15, 0.2) is 0 Å². The number of allylic oxidation sites excluding steroid dienone is 5. The lowest BCUT2D eigenvalue weighted by molar-refractivity contribution is -0.604. The van der Waals surface area contributed by atoms with Crippen LogP contribution in [0.15, 0.2) is 41.3 Å². The van der Waals surface area contributed by atoms with Gasteiger partial charge in [-0.25, -0.2) is 0 Å². The molecule has 1 unspecified atom stereocenters. The van der Waals surface area contributed by atoms with E-state index in [9.17, 15) is 0 Å². The van der Waals surface area contributed by atoms with Crippen LogP contribution in [-0.4, -0.2) is 17.8 Å². The van der Waals surface area contributed by atoms with E-state index in [1.165, 1.54) is 6.42 Å². The minimum Gasteiger partial charge on any atom is -0.169 e. The molecule has 3 heteroatoms. The molecule has 0 bridgehead atoms. The third-order valence-corrected chi connectivity index (χ3v) is 2.80. The highest BCUT2D eigenvalue weighted by Gasteiger charge is 2.07. The number of hydrogen-bond acceptors (Lipinski definition) is 1. The summed E-state index contributed by atoms with van der Waals surface area (Å²) >= 11 is 0. The Morgan fingerprint density at radius 2 is 2.06 bits per heavy atom. The van der Waals surface area contributed by atoms with E-state index < -0.39 is 0 Å². The quantitative estimate of drug-likeness (QED) is 0.171. The van der Waals surface area contributed by atoms with Crippen molar-refractivity contribution in [3.8, 4) is 0 Å². The summed E-state index contributed by atoms with van der Waals surface area (Å²) in [6.45, 7) is 8.31. The molecule has 102 valence electrons. The summed E-state index contributed by atoms with van der Waals surface area (Å²) in [7, 11) is 2.01. The van der Waals surface area contributed by atoms with Gasteiger partial charge in [0.1, 0.15) is 12.2 Å². The average Bonchev–Trinajstić information content (AvgIpc) is 2.34. The first-order valence-corrected chi connectivity index (χ1v) is 6.71. The summed E-state index contributed by atoms with van der Waals surface area (Å²) in [5.41, 5.74) is 4.14. The van der Waals surface area contributed by atoms with Crippen molar-refractivity contribution in [2.45, 2.75) is 53.0 Å². The van der Waals surface area contributed by atoms with Crippen LogP contribution in [0.2, 0.25) is 0 Å². The molecular formula is C15H28N3+. The van der Waals surface area contributed by atoms with Gasteiger partial charge in [0.2, 0.25) is 0 Å². The van der Waals surface area contributed by atoms with Crippen molar-refractivity contribution >= 4 is 0 Å². The largest absolute Gasteiger partial charge is 0.169 e. The average molecular weight is 250 g/mol. The molecule has 0 aromatic heterocycles. The van der Waals surface area contributed by atoms with Crippen molar-refractivity contribution in [1.29, 1.82) is 0 Å². The van der Waals surface area contributed by atoms with E-state index in [0.717, 1.165) is 18.4 Å². The zero-order chi connectivity index (χ0) is 13.8. The van der Waals surface area contributed by atoms with Crippen LogP contribution < -0.4 is 5.43 Å². The van der Waals surface area contributed by atoms with Crippen LogP contribution in [0.3, 0.4) is 0 Å². The Hall–Kier alpha value is -1.38. The molecule has 0 spiro atoms. The Morgan fingerprint density at radius 3 is 2.67 bits per heavy atom. The van der Waals surface area contributed by atoms with Crippen molar-refractivity contribution in [3.63, 3.8) is 0 Å². The summed E-state index contributed by atoms with van der Waals surface area (Å²) < 4.78 is 1.98. The molecule has 0 aromatic rings. The Balaban J connectivity index is 4.04. The molecule has 1 atom stereocenters. The second-order valence-electron chi connectivity index (χ2n) is 4.54. The molecule has 0 amide bonds. The predicted molar refractivity (Wildman–Crippen MR) is 78.4 cm³/mol. The molecule has 0 saturated carbocycles. The molecular weight excluding hydrogens is 222 g/mol. The van der Waals surface area contributed by atoms with Gasteiger partial charge in [0.05, 0.1) is 12.3 Å². The lowest BCUT2D eigenvalue weighted by Gasteiger charge is -2.07. The van der Waals surface area contributed by atoms with Crippen LogP contribution in [0.5, 0.6) is 0 Å². The lowest BCUT2D eigenvalue weighted by atomic mass is 10.1. The summed E-state index contributed by atoms with van der Waals surface area (Å²) in [5, 5.41) is 4.30. The molecule has 0 aromatic carbocycles. The summed E-state index contributed by atoms with van der Waals surface area (Å²) in [6.07, 6.45) is 13.8. The highest BCUT2D eigenvalue weighted by atomic mass is 15.5. The molecule has 0 fully saturated rings. The molecule has 0 rings (SSSR count). The summed E-state index contributed by atoms with van der Waals surface area (Å²) in [5.74, 6) is 0. The van der Waals surface area contributed by atoms with Crippen LogP contribution in [0.25, 0.3) is 0 Å². The van der Waals surface area contributed by atoms with Gasteiger partial charge in [0, 0.05) is 0 Å². The van der Waals surface area contributed by atoms with Gasteiger partial charge < -0.3 is 0 Å². The normalized spacial score (nSPS) is 15.6. The van der Waals surface area contributed by atoms with E-state index in [4.69, 9.17) is 0 Å². The molecule has 0 saturated heterocycles. The van der Waals surface area contributed by atoms with Crippen LogP contribution in [0, 0.1) is 0 Å². The van der Waals surface area contributed by atoms with E-state index in [2.05, 4.69) is 36.6 Å². The zero-order valence-electron chi connectivity index (χ0n) is 12.5. The number of nitrogens with zero attached hydrogens (tertiary/aromatic N) is 2. The third-order valence-electron chi connectivity index (χ3n) is 2.80. The molecule has 3 nitrogen and oxygen atoms in total. The molecule has 0 aliphatic heterocycles. The van der Waals surface area contributed by atoms with E-state index in [1.807, 2.05) is 43.9 Å². The van der Waals surface area contributed by atoms with Crippen LogP contribution in [-0.2, 0) is 0 Å². The maximum absolute atomic E-state index is 4.30. The first kappa shape index (κ1) is 16.6. The van der Waals surface area contributed by atoms with E-state index in [-0.39, 0.29) is 0 Å². The minimum atomic E-state index is 0.457. The zero-order valence-corrected chi connectivity index (χ0v) is 12.5. The molecule has 0 radical (unpaired) electrons. The standard InChI is InChI=1S/C15H27N3/c1-6-8-9-10-12-15(4)18(5)17-16-13-14(3)11-7-2/h6-8,11,13,15H,9-10,12H2,1-5H3/p+1. The Labute approximate surface area is 112 Å². The van der Waals surface area contributed by atoms with Crippen LogP contribution in [0.4, 0.5) is 0 Å². The first-order valence-electron chi connectivity index (χ1n) is 6.71. The summed E-state index contributed by atoms with van der Waals surface area (Å²) in [6, 6.07) is 0.457. The maximum atomic E-state index is 4.30. The fraction of sp³-hybridized carbons (Fsp3) is 0.600.